The third-order valence-electron chi connectivity index (χ3n) is 3.75. The number of nitrogens with one attached hydrogen (secondary N) is 1. The Morgan fingerprint density at radius 3 is 2.70 bits per heavy atom. The molecule has 3 rings (SSSR count). The fraction of sp³-hybridized carbons (Fsp3) is 0.111. The normalized spacial score (nSPS) is 11.7. The summed E-state index contributed by atoms with van der Waals surface area (Å²) in [5.41, 5.74) is 5.16. The molecule has 0 saturated heterocycles. The number of hydrogen-bond donors (Lipinski definition) is 1. The summed E-state index contributed by atoms with van der Waals surface area (Å²) in [7, 11) is 0. The van der Waals surface area contributed by atoms with Gasteiger partial charge in [-0.25, -0.2) is 4.98 Å². The number of aromatic nitrogens is 2. The van der Waals surface area contributed by atoms with Crippen molar-refractivity contribution in [3.63, 3.8) is 0 Å². The fourth-order valence-corrected chi connectivity index (χ4v) is 2.70. The van der Waals surface area contributed by atoms with E-state index in [0.717, 1.165) is 16.6 Å². The van der Waals surface area contributed by atoms with E-state index in [2.05, 4.69) is 16.0 Å². The first-order chi connectivity index (χ1) is 11.0. The first-order valence-corrected chi connectivity index (χ1v) is 7.78. The first-order valence-electron chi connectivity index (χ1n) is 7.02. The van der Waals surface area contributed by atoms with Crippen LogP contribution in [0.3, 0.4) is 0 Å². The lowest BCUT2D eigenvalue weighted by Crippen LogP contribution is -1.86. The summed E-state index contributed by atoms with van der Waals surface area (Å²) in [5.74, 6) is 0.517. The molecule has 0 aliphatic heterocycles. The minimum absolute atomic E-state index is 0.403. The van der Waals surface area contributed by atoms with Gasteiger partial charge in [-0.05, 0) is 54.8 Å². The molecule has 2 aromatic carbocycles. The van der Waals surface area contributed by atoms with Crippen LogP contribution >= 0.6 is 23.2 Å². The van der Waals surface area contributed by atoms with Gasteiger partial charge in [0, 0.05) is 0 Å². The third-order valence-corrected chi connectivity index (χ3v) is 4.59. The second kappa shape index (κ2) is 6.08. The zero-order valence-corrected chi connectivity index (χ0v) is 14.1. The molecular weight excluding hydrogens is 329 g/mol. The maximum atomic E-state index is 9.48. The number of aryl methyl sites for hydroxylation is 2. The Labute approximate surface area is 144 Å². The lowest BCUT2D eigenvalue weighted by Gasteiger charge is -2.01. The van der Waals surface area contributed by atoms with E-state index in [1.54, 1.807) is 18.2 Å². The molecule has 1 aromatic heterocycles. The predicted molar refractivity (Wildman–Crippen MR) is 95.5 cm³/mol. The summed E-state index contributed by atoms with van der Waals surface area (Å²) in [4.78, 5) is 7.70. The van der Waals surface area contributed by atoms with Gasteiger partial charge in [0.25, 0.3) is 0 Å². The van der Waals surface area contributed by atoms with Gasteiger partial charge in [0.05, 0.1) is 26.7 Å². The Bertz CT molecular complexity index is 939. The Morgan fingerprint density at radius 2 is 1.96 bits per heavy atom. The van der Waals surface area contributed by atoms with E-state index in [1.165, 1.54) is 5.56 Å². The Hall–Kier alpha value is -2.28. The number of allylic oxidation sites excluding steroid dienone is 1. The summed E-state index contributed by atoms with van der Waals surface area (Å²) in [6.07, 6.45) is 1.69. The minimum Gasteiger partial charge on any atom is -0.337 e. The maximum absolute atomic E-state index is 9.48. The van der Waals surface area contributed by atoms with Crippen LogP contribution in [-0.2, 0) is 0 Å². The molecule has 114 valence electrons. The van der Waals surface area contributed by atoms with E-state index in [9.17, 15) is 5.26 Å². The van der Waals surface area contributed by atoms with Gasteiger partial charge < -0.3 is 4.98 Å². The number of nitrogens with zero attached hydrogens (tertiary/aromatic N) is 2. The molecular formula is C18H13Cl2N3. The van der Waals surface area contributed by atoms with Crippen LogP contribution in [0.4, 0.5) is 0 Å². The fourth-order valence-electron chi connectivity index (χ4n) is 2.34. The molecule has 1 heterocycles. The SMILES string of the molecule is Cc1cc2nc(/C(C#N)=C/c3cccc(Cl)c3Cl)[nH]c2cc1C. The number of imidazole rings is 1. The Kier molecular flexibility index (Phi) is 4.12. The number of rotatable bonds is 2. The third kappa shape index (κ3) is 2.96. The van der Waals surface area contributed by atoms with Crippen LogP contribution in [0.2, 0.25) is 10.0 Å². The topological polar surface area (TPSA) is 52.5 Å². The molecule has 5 heteroatoms. The first kappa shape index (κ1) is 15.6. The van der Waals surface area contributed by atoms with Crippen molar-refractivity contribution < 1.29 is 0 Å². The van der Waals surface area contributed by atoms with Gasteiger partial charge >= 0.3 is 0 Å². The summed E-state index contributed by atoms with van der Waals surface area (Å²) >= 11 is 12.2. The number of aromatic amines is 1. The van der Waals surface area contributed by atoms with Crippen molar-refractivity contribution >= 4 is 45.9 Å². The van der Waals surface area contributed by atoms with E-state index < -0.39 is 0 Å². The van der Waals surface area contributed by atoms with E-state index in [0.29, 0.717) is 27.0 Å². The van der Waals surface area contributed by atoms with Gasteiger partial charge in [0.2, 0.25) is 0 Å². The smallest absolute Gasteiger partial charge is 0.149 e. The number of H-pyrrole nitrogens is 1. The zero-order valence-electron chi connectivity index (χ0n) is 12.6. The highest BCUT2D eigenvalue weighted by molar-refractivity contribution is 6.43. The molecule has 0 bridgehead atoms. The molecule has 0 unspecified atom stereocenters. The van der Waals surface area contributed by atoms with Gasteiger partial charge in [0.1, 0.15) is 11.9 Å². The van der Waals surface area contributed by atoms with Crippen LogP contribution in [0, 0.1) is 25.2 Å². The van der Waals surface area contributed by atoms with Gasteiger partial charge in [-0.1, -0.05) is 35.3 Å². The van der Waals surface area contributed by atoms with Crippen molar-refractivity contribution in [2.75, 3.05) is 0 Å². The van der Waals surface area contributed by atoms with Gasteiger partial charge in [-0.2, -0.15) is 5.26 Å². The van der Waals surface area contributed by atoms with Crippen LogP contribution < -0.4 is 0 Å². The molecule has 23 heavy (non-hydrogen) atoms. The largest absolute Gasteiger partial charge is 0.337 e. The Balaban J connectivity index is 2.13. The van der Waals surface area contributed by atoms with Crippen LogP contribution in [-0.4, -0.2) is 9.97 Å². The molecule has 0 amide bonds. The minimum atomic E-state index is 0.403. The monoisotopic (exact) mass is 341 g/mol. The second-order valence-corrected chi connectivity index (χ2v) is 6.14. The molecule has 0 spiro atoms. The molecule has 0 aliphatic rings. The summed E-state index contributed by atoms with van der Waals surface area (Å²) < 4.78 is 0. The van der Waals surface area contributed by atoms with Crippen LogP contribution in [0.5, 0.6) is 0 Å². The van der Waals surface area contributed by atoms with Crippen molar-refractivity contribution in [1.82, 2.24) is 9.97 Å². The maximum Gasteiger partial charge on any atom is 0.149 e. The molecule has 3 nitrogen and oxygen atoms in total. The van der Waals surface area contributed by atoms with Crippen LogP contribution in [0.15, 0.2) is 30.3 Å². The van der Waals surface area contributed by atoms with E-state index in [-0.39, 0.29) is 0 Å². The molecule has 3 aromatic rings. The zero-order chi connectivity index (χ0) is 16.6. The average Bonchev–Trinajstić information content (AvgIpc) is 2.91. The standard InChI is InChI=1S/C18H13Cl2N3/c1-10-6-15-16(7-11(10)2)23-18(22-15)13(9-21)8-12-4-3-5-14(19)17(12)20/h3-8H,1-2H3,(H,22,23)/b13-8+. The summed E-state index contributed by atoms with van der Waals surface area (Å²) in [6.45, 7) is 4.08. The van der Waals surface area contributed by atoms with E-state index in [4.69, 9.17) is 23.2 Å². The number of nitriles is 1. The van der Waals surface area contributed by atoms with Gasteiger partial charge in [-0.3, -0.25) is 0 Å². The molecule has 0 saturated carbocycles. The van der Waals surface area contributed by atoms with Crippen molar-refractivity contribution in [3.05, 3.63) is 62.9 Å². The number of hydrogen-bond acceptors (Lipinski definition) is 2. The Morgan fingerprint density at radius 1 is 1.22 bits per heavy atom. The highest BCUT2D eigenvalue weighted by atomic mass is 35.5. The second-order valence-electron chi connectivity index (χ2n) is 5.35. The lowest BCUT2D eigenvalue weighted by atomic mass is 10.1. The van der Waals surface area contributed by atoms with Gasteiger partial charge in [-0.15, -0.1) is 0 Å². The molecule has 0 atom stereocenters. The van der Waals surface area contributed by atoms with E-state index in [1.807, 2.05) is 32.0 Å². The van der Waals surface area contributed by atoms with Crippen molar-refractivity contribution in [2.45, 2.75) is 13.8 Å². The molecule has 0 radical (unpaired) electrons. The van der Waals surface area contributed by atoms with Crippen LogP contribution in [0.1, 0.15) is 22.5 Å². The quantitative estimate of drug-likeness (QED) is 0.621. The summed E-state index contributed by atoms with van der Waals surface area (Å²) in [6, 6.07) is 11.5. The van der Waals surface area contributed by atoms with Crippen molar-refractivity contribution in [2.24, 2.45) is 0 Å². The highest BCUT2D eigenvalue weighted by Crippen LogP contribution is 2.29. The molecule has 1 N–H and O–H groups in total. The average molecular weight is 342 g/mol. The van der Waals surface area contributed by atoms with Crippen molar-refractivity contribution in [3.8, 4) is 6.07 Å². The van der Waals surface area contributed by atoms with Gasteiger partial charge in [0.15, 0.2) is 0 Å². The van der Waals surface area contributed by atoms with Crippen molar-refractivity contribution in [1.29, 1.82) is 5.26 Å². The number of fused-ring (bicyclic) bond motifs is 1. The lowest BCUT2D eigenvalue weighted by molar-refractivity contribution is 1.27. The van der Waals surface area contributed by atoms with Crippen LogP contribution in [0.25, 0.3) is 22.7 Å². The molecule has 0 aliphatic carbocycles. The predicted octanol–water partition coefficient (Wildman–Crippen LogP) is 5.55. The number of halogens is 2. The summed E-state index contributed by atoms with van der Waals surface area (Å²) in [5, 5.41) is 10.4. The molecule has 0 fully saturated rings. The highest BCUT2D eigenvalue weighted by Gasteiger charge is 2.11. The number of benzene rings is 2. The van der Waals surface area contributed by atoms with E-state index >= 15 is 0 Å².